The second-order valence-electron chi connectivity index (χ2n) is 3.04. The largest absolute Gasteiger partial charge is 0.480 e. The van der Waals surface area contributed by atoms with Crippen LogP contribution < -0.4 is 4.90 Å². The number of aryl methyl sites for hydroxylation is 1. The molecule has 0 fully saturated rings. The number of rotatable bonds is 3. The SMILES string of the molecule is Cc1cc(Br)cnc1N(C)CC(=O)O. The van der Waals surface area contributed by atoms with Gasteiger partial charge < -0.3 is 10.0 Å². The molecule has 4 nitrogen and oxygen atoms in total. The van der Waals surface area contributed by atoms with Gasteiger partial charge in [-0.2, -0.15) is 0 Å². The van der Waals surface area contributed by atoms with E-state index < -0.39 is 5.97 Å². The molecule has 1 N–H and O–H groups in total. The van der Waals surface area contributed by atoms with Crippen LogP contribution in [0, 0.1) is 6.92 Å². The standard InChI is InChI=1S/C9H11BrN2O2/c1-6-3-7(10)4-11-9(6)12(2)5-8(13)14/h3-4H,5H2,1-2H3,(H,13,14). The fourth-order valence-electron chi connectivity index (χ4n) is 1.21. The molecule has 0 amide bonds. The molecule has 0 bridgehead atoms. The number of hydrogen-bond acceptors (Lipinski definition) is 3. The molecule has 0 aliphatic rings. The van der Waals surface area contributed by atoms with E-state index in [1.165, 1.54) is 0 Å². The minimum Gasteiger partial charge on any atom is -0.480 e. The summed E-state index contributed by atoms with van der Waals surface area (Å²) in [5, 5.41) is 8.61. The average Bonchev–Trinajstić information content (AvgIpc) is 2.01. The quantitative estimate of drug-likeness (QED) is 0.897. The second-order valence-corrected chi connectivity index (χ2v) is 3.96. The molecule has 0 spiro atoms. The maximum atomic E-state index is 10.5. The molecule has 14 heavy (non-hydrogen) atoms. The van der Waals surface area contributed by atoms with Crippen LogP contribution in [0.25, 0.3) is 0 Å². The first-order valence-electron chi connectivity index (χ1n) is 4.06. The Bertz CT molecular complexity index is 355. The molecule has 1 aromatic rings. The van der Waals surface area contributed by atoms with Crippen LogP contribution in [0.3, 0.4) is 0 Å². The molecule has 0 unspecified atom stereocenters. The van der Waals surface area contributed by atoms with E-state index in [2.05, 4.69) is 20.9 Å². The number of carboxylic acids is 1. The predicted octanol–water partition coefficient (Wildman–Crippen LogP) is 1.67. The van der Waals surface area contributed by atoms with Crippen molar-refractivity contribution in [1.29, 1.82) is 0 Å². The van der Waals surface area contributed by atoms with Crippen molar-refractivity contribution < 1.29 is 9.90 Å². The van der Waals surface area contributed by atoms with Gasteiger partial charge in [0.05, 0.1) is 0 Å². The van der Waals surface area contributed by atoms with E-state index in [0.717, 1.165) is 10.0 Å². The predicted molar refractivity (Wildman–Crippen MR) is 57.6 cm³/mol. The Kier molecular flexibility index (Phi) is 3.46. The van der Waals surface area contributed by atoms with E-state index in [-0.39, 0.29) is 6.54 Å². The number of anilines is 1. The Labute approximate surface area is 90.7 Å². The number of likely N-dealkylation sites (N-methyl/N-ethyl adjacent to an activating group) is 1. The maximum Gasteiger partial charge on any atom is 0.323 e. The number of aliphatic carboxylic acids is 1. The van der Waals surface area contributed by atoms with Crippen LogP contribution >= 0.6 is 15.9 Å². The molecule has 1 aromatic heterocycles. The number of halogens is 1. The van der Waals surface area contributed by atoms with Crippen molar-refractivity contribution in [2.75, 3.05) is 18.5 Å². The van der Waals surface area contributed by atoms with E-state index in [4.69, 9.17) is 5.11 Å². The summed E-state index contributed by atoms with van der Waals surface area (Å²) < 4.78 is 0.891. The van der Waals surface area contributed by atoms with Crippen molar-refractivity contribution >= 4 is 27.7 Å². The lowest BCUT2D eigenvalue weighted by Crippen LogP contribution is -2.26. The molecule has 0 saturated carbocycles. The minimum atomic E-state index is -0.864. The molecular formula is C9H11BrN2O2. The molecule has 0 aliphatic heterocycles. The first-order valence-corrected chi connectivity index (χ1v) is 4.85. The summed E-state index contributed by atoms with van der Waals surface area (Å²) in [6.07, 6.45) is 1.65. The number of pyridine rings is 1. The fourth-order valence-corrected chi connectivity index (χ4v) is 1.66. The maximum absolute atomic E-state index is 10.5. The van der Waals surface area contributed by atoms with E-state index in [1.54, 1.807) is 18.1 Å². The van der Waals surface area contributed by atoms with Gasteiger partial charge >= 0.3 is 5.97 Å². The number of aromatic nitrogens is 1. The Morgan fingerprint density at radius 2 is 2.36 bits per heavy atom. The van der Waals surface area contributed by atoms with Crippen molar-refractivity contribution in [2.45, 2.75) is 6.92 Å². The van der Waals surface area contributed by atoms with Crippen LogP contribution in [-0.4, -0.2) is 29.7 Å². The highest BCUT2D eigenvalue weighted by Crippen LogP contribution is 2.19. The number of carboxylic acid groups (broad SMARTS) is 1. The topological polar surface area (TPSA) is 53.4 Å². The molecule has 1 rings (SSSR count). The van der Waals surface area contributed by atoms with Gasteiger partial charge in [0.25, 0.3) is 0 Å². The zero-order valence-electron chi connectivity index (χ0n) is 7.99. The zero-order chi connectivity index (χ0) is 10.7. The van der Waals surface area contributed by atoms with E-state index >= 15 is 0 Å². The normalized spacial score (nSPS) is 9.93. The Hall–Kier alpha value is -1.10. The summed E-state index contributed by atoms with van der Waals surface area (Å²) in [5.74, 6) is -0.174. The minimum absolute atomic E-state index is 0.0462. The average molecular weight is 259 g/mol. The first-order chi connectivity index (χ1) is 6.50. The van der Waals surface area contributed by atoms with Crippen LogP contribution in [0.1, 0.15) is 5.56 Å². The molecule has 76 valence electrons. The van der Waals surface area contributed by atoms with E-state index in [0.29, 0.717) is 5.82 Å². The third-order valence-corrected chi connectivity index (χ3v) is 2.18. The van der Waals surface area contributed by atoms with Gasteiger partial charge in [0.1, 0.15) is 12.4 Å². The molecule has 0 atom stereocenters. The smallest absolute Gasteiger partial charge is 0.323 e. The Morgan fingerprint density at radius 1 is 1.71 bits per heavy atom. The van der Waals surface area contributed by atoms with Crippen molar-refractivity contribution in [2.24, 2.45) is 0 Å². The van der Waals surface area contributed by atoms with Crippen LogP contribution in [0.15, 0.2) is 16.7 Å². The van der Waals surface area contributed by atoms with Crippen LogP contribution in [-0.2, 0) is 4.79 Å². The molecular weight excluding hydrogens is 248 g/mol. The highest BCUT2D eigenvalue weighted by molar-refractivity contribution is 9.10. The van der Waals surface area contributed by atoms with Crippen LogP contribution in [0.2, 0.25) is 0 Å². The summed E-state index contributed by atoms with van der Waals surface area (Å²) in [7, 11) is 1.71. The summed E-state index contributed by atoms with van der Waals surface area (Å²) in [4.78, 5) is 16.2. The molecule has 0 aliphatic carbocycles. The zero-order valence-corrected chi connectivity index (χ0v) is 9.58. The highest BCUT2D eigenvalue weighted by Gasteiger charge is 2.09. The molecule has 5 heteroatoms. The summed E-state index contributed by atoms with van der Waals surface area (Å²) in [6.45, 7) is 1.85. The lowest BCUT2D eigenvalue weighted by molar-refractivity contribution is -0.135. The second kappa shape index (κ2) is 4.41. The van der Waals surface area contributed by atoms with Gasteiger partial charge in [-0.05, 0) is 34.5 Å². The first kappa shape index (κ1) is 11.0. The summed E-state index contributed by atoms with van der Waals surface area (Å²) in [6, 6.07) is 1.90. The van der Waals surface area contributed by atoms with Crippen molar-refractivity contribution in [1.82, 2.24) is 4.98 Å². The highest BCUT2D eigenvalue weighted by atomic mass is 79.9. The molecule has 0 radical (unpaired) electrons. The van der Waals surface area contributed by atoms with Crippen molar-refractivity contribution in [3.8, 4) is 0 Å². The van der Waals surface area contributed by atoms with Gasteiger partial charge in [-0.25, -0.2) is 4.98 Å². The lowest BCUT2D eigenvalue weighted by atomic mass is 10.3. The molecule has 1 heterocycles. The number of carbonyl (C=O) groups is 1. The van der Waals surface area contributed by atoms with Crippen LogP contribution in [0.4, 0.5) is 5.82 Å². The van der Waals surface area contributed by atoms with Gasteiger partial charge in [-0.1, -0.05) is 0 Å². The van der Waals surface area contributed by atoms with Crippen LogP contribution in [0.5, 0.6) is 0 Å². The van der Waals surface area contributed by atoms with E-state index in [1.807, 2.05) is 13.0 Å². The Morgan fingerprint density at radius 3 is 2.86 bits per heavy atom. The third-order valence-electron chi connectivity index (χ3n) is 1.75. The monoisotopic (exact) mass is 258 g/mol. The van der Waals surface area contributed by atoms with Gasteiger partial charge in [-0.15, -0.1) is 0 Å². The van der Waals surface area contributed by atoms with Gasteiger partial charge in [0, 0.05) is 17.7 Å². The number of nitrogens with zero attached hydrogens (tertiary/aromatic N) is 2. The lowest BCUT2D eigenvalue weighted by Gasteiger charge is -2.17. The van der Waals surface area contributed by atoms with Gasteiger partial charge in [0.15, 0.2) is 0 Å². The van der Waals surface area contributed by atoms with Gasteiger partial charge in [0.2, 0.25) is 0 Å². The summed E-state index contributed by atoms with van der Waals surface area (Å²) >= 11 is 3.30. The number of hydrogen-bond donors (Lipinski definition) is 1. The van der Waals surface area contributed by atoms with E-state index in [9.17, 15) is 4.79 Å². The van der Waals surface area contributed by atoms with Crippen molar-refractivity contribution in [3.63, 3.8) is 0 Å². The van der Waals surface area contributed by atoms with Gasteiger partial charge in [-0.3, -0.25) is 4.79 Å². The summed E-state index contributed by atoms with van der Waals surface area (Å²) in [5.41, 5.74) is 0.947. The molecule has 0 aromatic carbocycles. The Balaban J connectivity index is 2.90. The molecule has 0 saturated heterocycles. The fraction of sp³-hybridized carbons (Fsp3) is 0.333. The third kappa shape index (κ3) is 2.70. The van der Waals surface area contributed by atoms with Crippen molar-refractivity contribution in [3.05, 3.63) is 22.3 Å².